The third-order valence-corrected chi connectivity index (χ3v) is 25.8. The summed E-state index contributed by atoms with van der Waals surface area (Å²) in [5.41, 5.74) is 30.2. The van der Waals surface area contributed by atoms with Gasteiger partial charge in [-0.05, 0) is 238 Å². The number of furan rings is 1. The molecule has 115 heavy (non-hydrogen) atoms. The Morgan fingerprint density at radius 3 is 0.904 bits per heavy atom. The molecule has 0 aliphatic heterocycles. The largest absolute Gasteiger partial charge is 0.456 e. The van der Waals surface area contributed by atoms with Crippen LogP contribution >= 0.6 is 0 Å². The highest BCUT2D eigenvalue weighted by Crippen LogP contribution is 2.60. The second-order valence-electron chi connectivity index (χ2n) is 32.6. The van der Waals surface area contributed by atoms with Gasteiger partial charge in [-0.2, -0.15) is 0 Å². The van der Waals surface area contributed by atoms with Gasteiger partial charge in [-0.3, -0.25) is 0 Å². The maximum absolute atomic E-state index is 6.43. The van der Waals surface area contributed by atoms with Crippen LogP contribution in [-0.2, 0) is 10.8 Å². The molecule has 24 rings (SSSR count). The minimum atomic E-state index is -0.190. The molecule has 0 saturated heterocycles. The second kappa shape index (κ2) is 25.7. The molecule has 0 N–H and O–H groups in total. The summed E-state index contributed by atoms with van der Waals surface area (Å²) < 4.78 is 6.43. The first kappa shape index (κ1) is 66.5. The maximum atomic E-state index is 6.43. The Balaban J connectivity index is 0.000000137. The molecule has 0 amide bonds. The van der Waals surface area contributed by atoms with Crippen LogP contribution in [0, 0.1) is 0 Å². The van der Waals surface area contributed by atoms with E-state index in [0.29, 0.717) is 0 Å². The molecule has 1 heterocycles. The fraction of sp³-hybridized carbons (Fsp3) is 0.0526. The maximum Gasteiger partial charge on any atom is 0.136 e. The van der Waals surface area contributed by atoms with E-state index in [-0.39, 0.29) is 10.8 Å². The number of fused-ring (bicyclic) bond motifs is 25. The van der Waals surface area contributed by atoms with Crippen molar-refractivity contribution in [3.8, 4) is 100 Å². The zero-order chi connectivity index (χ0) is 76.4. The first-order chi connectivity index (χ1) is 56.6. The highest BCUT2D eigenvalue weighted by atomic mass is 16.3. The van der Waals surface area contributed by atoms with E-state index in [0.717, 1.165) is 16.6 Å². The lowest BCUT2D eigenvalue weighted by molar-refractivity contribution is 0.668. The van der Waals surface area contributed by atoms with Crippen molar-refractivity contribution in [3.63, 3.8) is 0 Å². The molecule has 0 saturated carbocycles. The topological polar surface area (TPSA) is 13.1 Å². The van der Waals surface area contributed by atoms with E-state index in [1.165, 1.54) is 225 Å². The van der Waals surface area contributed by atoms with Gasteiger partial charge in [0.05, 0.1) is 0 Å². The van der Waals surface area contributed by atoms with E-state index < -0.39 is 0 Å². The van der Waals surface area contributed by atoms with Crippen molar-refractivity contribution >= 4 is 119 Å². The van der Waals surface area contributed by atoms with E-state index in [1.54, 1.807) is 0 Å². The summed E-state index contributed by atoms with van der Waals surface area (Å²) in [6.45, 7) is 9.69. The SMILES string of the molecule is CC1(C)c2c(-c3ccc(-c4c5ccccc5c(-c5ccc6oc7ccc8ccccc8c7c6c5)c5ccccc45)cc3)cccc2-c2c1c1ccccc1c1ccccc21.CC1(C)c2c(-c3ccc(-c4c5ccccc5c(-c5ccccc5-c5ccccc5)c5ccccc45)cc3)cccc2-c2c1c1ccccc1c1ccccc21. The molecule has 0 unspecified atom stereocenters. The number of benzene rings is 21. The Hall–Kier alpha value is -14.2. The Bertz CT molecular complexity index is 7750. The van der Waals surface area contributed by atoms with Gasteiger partial charge < -0.3 is 4.42 Å². The van der Waals surface area contributed by atoms with E-state index >= 15 is 0 Å². The van der Waals surface area contributed by atoms with Crippen molar-refractivity contribution in [3.05, 3.63) is 411 Å². The molecule has 1 heteroatoms. The summed E-state index contributed by atoms with van der Waals surface area (Å²) >= 11 is 0. The number of hydrogen-bond acceptors (Lipinski definition) is 1. The van der Waals surface area contributed by atoms with E-state index in [9.17, 15) is 0 Å². The Morgan fingerprint density at radius 1 is 0.165 bits per heavy atom. The van der Waals surface area contributed by atoms with Crippen molar-refractivity contribution in [1.29, 1.82) is 0 Å². The number of rotatable bonds is 7. The lowest BCUT2D eigenvalue weighted by atomic mass is 9.76. The Morgan fingerprint density at radius 2 is 0.461 bits per heavy atom. The third-order valence-electron chi connectivity index (χ3n) is 25.8. The van der Waals surface area contributed by atoms with Gasteiger partial charge in [0.15, 0.2) is 0 Å². The Labute approximate surface area is 667 Å². The first-order valence-electron chi connectivity index (χ1n) is 40.4. The Kier molecular flexibility index (Phi) is 14.8. The van der Waals surface area contributed by atoms with Gasteiger partial charge in [-0.25, -0.2) is 0 Å². The zero-order valence-corrected chi connectivity index (χ0v) is 64.4. The molecule has 0 atom stereocenters. The van der Waals surface area contributed by atoms with Crippen LogP contribution in [0.4, 0.5) is 0 Å². The monoisotopic (exact) mass is 1460 g/mol. The molecule has 2 aliphatic carbocycles. The molecule has 1 nitrogen and oxygen atoms in total. The standard InChI is InChI=1S/C59H38O.C55H38/c1-59(2)57-40(24-13-25-49(57)56-43-18-7-5-16-41(43)42-17-6-12-23-48(42)58(56)59)36-26-28-37(29-27-36)53-44-19-8-10-21-46(44)54(47-22-11-9-20-45(47)53)38-31-32-51-50(34-38)55-39-15-4-3-14-35(39)30-33-52(55)60-51;1-55(2)53-39(29-16-30-49(53)52-43-23-10-7-20-40(43)41-21-8-15-28-48(41)54(52)55)36-31-33-37(34-32-36)50-44-24-11-13-26-46(44)51(47-27-14-12-25-45(47)50)42-22-9-6-19-38(42)35-17-4-3-5-18-35/h3-34H,1-2H3;3-34H,1-2H3. The van der Waals surface area contributed by atoms with Gasteiger partial charge in [-0.1, -0.05) is 398 Å². The molecule has 0 radical (unpaired) electrons. The molecule has 21 aromatic carbocycles. The fourth-order valence-corrected chi connectivity index (χ4v) is 21.1. The van der Waals surface area contributed by atoms with Crippen LogP contribution in [0.5, 0.6) is 0 Å². The molecule has 0 bridgehead atoms. The molecule has 538 valence electrons. The average molecular weight is 1460 g/mol. The number of hydrogen-bond donors (Lipinski definition) is 0. The first-order valence-corrected chi connectivity index (χ1v) is 40.4. The predicted octanol–water partition coefficient (Wildman–Crippen LogP) is 31.9. The van der Waals surface area contributed by atoms with Crippen molar-refractivity contribution in [1.82, 2.24) is 0 Å². The highest BCUT2D eigenvalue weighted by molar-refractivity contribution is 6.27. The van der Waals surface area contributed by atoms with E-state index in [2.05, 4.69) is 416 Å². The van der Waals surface area contributed by atoms with Gasteiger partial charge >= 0.3 is 0 Å². The predicted molar refractivity (Wildman–Crippen MR) is 491 cm³/mol. The molecule has 1 aromatic heterocycles. The minimum absolute atomic E-state index is 0.179. The van der Waals surface area contributed by atoms with Crippen molar-refractivity contribution in [2.24, 2.45) is 0 Å². The fourth-order valence-electron chi connectivity index (χ4n) is 21.1. The lowest BCUT2D eigenvalue weighted by Gasteiger charge is -2.26. The summed E-state index contributed by atoms with van der Waals surface area (Å²) in [4.78, 5) is 0. The van der Waals surface area contributed by atoms with Gasteiger partial charge in [0.1, 0.15) is 11.2 Å². The van der Waals surface area contributed by atoms with Crippen LogP contribution in [0.3, 0.4) is 0 Å². The minimum Gasteiger partial charge on any atom is -0.456 e. The van der Waals surface area contributed by atoms with Crippen LogP contribution in [0.2, 0.25) is 0 Å². The van der Waals surface area contributed by atoms with Crippen LogP contribution in [0.1, 0.15) is 49.9 Å². The summed E-state index contributed by atoms with van der Waals surface area (Å²) in [6, 6.07) is 144. The summed E-state index contributed by atoms with van der Waals surface area (Å²) in [6.07, 6.45) is 0. The van der Waals surface area contributed by atoms with Crippen molar-refractivity contribution in [2.75, 3.05) is 0 Å². The van der Waals surface area contributed by atoms with E-state index in [1.807, 2.05) is 0 Å². The van der Waals surface area contributed by atoms with Crippen LogP contribution in [0.25, 0.3) is 219 Å². The lowest BCUT2D eigenvalue weighted by Crippen LogP contribution is -2.17. The molecule has 22 aromatic rings. The molecule has 2 aliphatic rings. The smallest absolute Gasteiger partial charge is 0.136 e. The highest BCUT2D eigenvalue weighted by Gasteiger charge is 2.42. The molecule has 0 spiro atoms. The third kappa shape index (κ3) is 9.94. The second-order valence-corrected chi connectivity index (χ2v) is 32.6. The van der Waals surface area contributed by atoms with Crippen molar-refractivity contribution in [2.45, 2.75) is 38.5 Å². The summed E-state index contributed by atoms with van der Waals surface area (Å²) in [5, 5.41) is 25.5. The van der Waals surface area contributed by atoms with Crippen LogP contribution < -0.4 is 0 Å². The molecule has 0 fully saturated rings. The van der Waals surface area contributed by atoms with Gasteiger partial charge in [0, 0.05) is 21.6 Å². The van der Waals surface area contributed by atoms with Gasteiger partial charge in [0.25, 0.3) is 0 Å². The van der Waals surface area contributed by atoms with Crippen molar-refractivity contribution < 1.29 is 4.42 Å². The van der Waals surface area contributed by atoms with Crippen LogP contribution in [0.15, 0.2) is 393 Å². The molecular formula is C114H76O. The normalized spacial score (nSPS) is 13.2. The summed E-state index contributed by atoms with van der Waals surface area (Å²) in [7, 11) is 0. The molecular weight excluding hydrogens is 1390 g/mol. The van der Waals surface area contributed by atoms with Crippen LogP contribution in [-0.4, -0.2) is 0 Å². The summed E-state index contributed by atoms with van der Waals surface area (Å²) in [5.74, 6) is 0. The van der Waals surface area contributed by atoms with E-state index in [4.69, 9.17) is 4.42 Å². The quantitative estimate of drug-likeness (QED) is 0.114. The zero-order valence-electron chi connectivity index (χ0n) is 64.4. The van der Waals surface area contributed by atoms with Gasteiger partial charge in [-0.15, -0.1) is 0 Å². The van der Waals surface area contributed by atoms with Gasteiger partial charge in [0.2, 0.25) is 0 Å². The average Bonchev–Trinajstić information content (AvgIpc) is 1.55.